The smallest absolute Gasteiger partial charge is 0.282 e. The van der Waals surface area contributed by atoms with E-state index in [1.54, 1.807) is 31.5 Å². The first kappa shape index (κ1) is 21.5. The van der Waals surface area contributed by atoms with Crippen molar-refractivity contribution in [3.05, 3.63) is 66.0 Å². The minimum Gasteiger partial charge on any atom is -0.495 e. The highest BCUT2D eigenvalue weighted by molar-refractivity contribution is 9.10. The van der Waals surface area contributed by atoms with E-state index in [4.69, 9.17) is 21.3 Å². The van der Waals surface area contributed by atoms with Gasteiger partial charge in [0.25, 0.3) is 5.56 Å². The van der Waals surface area contributed by atoms with E-state index in [1.165, 1.54) is 11.1 Å². The van der Waals surface area contributed by atoms with Crippen molar-refractivity contribution >= 4 is 60.6 Å². The minimum absolute atomic E-state index is 0.182. The third kappa shape index (κ3) is 4.34. The maximum atomic E-state index is 13.4. The molecule has 4 rings (SSSR count). The highest BCUT2D eigenvalue weighted by Gasteiger charge is 2.22. The van der Waals surface area contributed by atoms with E-state index >= 15 is 0 Å². The predicted octanol–water partition coefficient (Wildman–Crippen LogP) is 6.51. The summed E-state index contributed by atoms with van der Waals surface area (Å²) < 4.78 is 8.47. The molecule has 5 nitrogen and oxygen atoms in total. The Morgan fingerprint density at radius 3 is 2.70 bits per heavy atom. The van der Waals surface area contributed by atoms with Gasteiger partial charge in [0, 0.05) is 21.0 Å². The first-order valence-corrected chi connectivity index (χ1v) is 11.7. The molecule has 0 unspecified atom stereocenters. The second kappa shape index (κ2) is 9.20. The van der Waals surface area contributed by atoms with Crippen molar-refractivity contribution in [3.8, 4) is 5.75 Å². The fourth-order valence-corrected chi connectivity index (χ4v) is 5.27. The zero-order valence-electron chi connectivity index (χ0n) is 16.4. The molecule has 1 aromatic heterocycles. The largest absolute Gasteiger partial charge is 0.495 e. The molecule has 0 bridgehead atoms. The molecular formula is C22H20Br2ClN3O2. The number of rotatable bonds is 4. The van der Waals surface area contributed by atoms with E-state index in [-0.39, 0.29) is 11.5 Å². The number of benzene rings is 2. The van der Waals surface area contributed by atoms with Gasteiger partial charge in [-0.3, -0.25) is 4.79 Å². The van der Waals surface area contributed by atoms with Crippen LogP contribution in [0.5, 0.6) is 5.75 Å². The molecule has 0 spiro atoms. The lowest BCUT2D eigenvalue weighted by atomic mass is 9.88. The lowest BCUT2D eigenvalue weighted by Gasteiger charge is -2.22. The van der Waals surface area contributed by atoms with Gasteiger partial charge in [-0.15, -0.1) is 0 Å². The molecule has 0 amide bonds. The SMILES string of the molecule is COc1c(Br)cc(Cl)cc1C=Nn1c(C2CCCCC2)nc2ccc(Br)cc2c1=O. The zero-order valence-corrected chi connectivity index (χ0v) is 20.3. The highest BCUT2D eigenvalue weighted by Crippen LogP contribution is 2.33. The van der Waals surface area contributed by atoms with Crippen molar-refractivity contribution in [1.29, 1.82) is 0 Å². The molecule has 0 saturated heterocycles. The Morgan fingerprint density at radius 1 is 1.20 bits per heavy atom. The van der Waals surface area contributed by atoms with E-state index in [9.17, 15) is 4.79 Å². The summed E-state index contributed by atoms with van der Waals surface area (Å²) in [5.41, 5.74) is 1.18. The van der Waals surface area contributed by atoms with Gasteiger partial charge in [0.2, 0.25) is 0 Å². The molecule has 3 aromatic rings. The quantitative estimate of drug-likeness (QED) is 0.346. The van der Waals surface area contributed by atoms with E-state index in [1.807, 2.05) is 12.1 Å². The lowest BCUT2D eigenvalue weighted by molar-refractivity contribution is 0.411. The van der Waals surface area contributed by atoms with Crippen LogP contribution in [0, 0.1) is 0 Å². The number of nitrogens with zero attached hydrogens (tertiary/aromatic N) is 3. The fraction of sp³-hybridized carbons (Fsp3) is 0.318. The first-order chi connectivity index (χ1) is 14.5. The van der Waals surface area contributed by atoms with Gasteiger partial charge < -0.3 is 4.74 Å². The zero-order chi connectivity index (χ0) is 21.3. The molecule has 1 saturated carbocycles. The van der Waals surface area contributed by atoms with Crippen LogP contribution in [0.15, 0.2) is 49.2 Å². The fourth-order valence-electron chi connectivity index (χ4n) is 3.91. The van der Waals surface area contributed by atoms with Crippen LogP contribution in [0.1, 0.15) is 49.4 Å². The summed E-state index contributed by atoms with van der Waals surface area (Å²) in [6.07, 6.45) is 7.12. The Bertz CT molecular complexity index is 1190. The third-order valence-electron chi connectivity index (χ3n) is 5.36. The summed E-state index contributed by atoms with van der Waals surface area (Å²) in [4.78, 5) is 18.2. The number of fused-ring (bicyclic) bond motifs is 1. The van der Waals surface area contributed by atoms with Crippen LogP contribution in [-0.2, 0) is 0 Å². The molecule has 0 atom stereocenters. The van der Waals surface area contributed by atoms with E-state index in [0.29, 0.717) is 33.1 Å². The average Bonchev–Trinajstić information content (AvgIpc) is 2.73. The molecule has 156 valence electrons. The monoisotopic (exact) mass is 551 g/mol. The summed E-state index contributed by atoms with van der Waals surface area (Å²) in [7, 11) is 1.58. The summed E-state index contributed by atoms with van der Waals surface area (Å²) in [6, 6.07) is 9.08. The lowest BCUT2D eigenvalue weighted by Crippen LogP contribution is -2.25. The molecular weight excluding hydrogens is 534 g/mol. The maximum Gasteiger partial charge on any atom is 0.282 e. The Labute approximate surface area is 196 Å². The molecule has 1 heterocycles. The predicted molar refractivity (Wildman–Crippen MR) is 128 cm³/mol. The topological polar surface area (TPSA) is 56.5 Å². The normalized spacial score (nSPS) is 15.2. The van der Waals surface area contributed by atoms with Gasteiger partial charge in [0.05, 0.1) is 28.7 Å². The van der Waals surface area contributed by atoms with Gasteiger partial charge in [-0.05, 0) is 59.1 Å². The molecule has 8 heteroatoms. The van der Waals surface area contributed by atoms with Crippen molar-refractivity contribution in [2.45, 2.75) is 38.0 Å². The molecule has 30 heavy (non-hydrogen) atoms. The third-order valence-corrected chi connectivity index (χ3v) is 6.66. The van der Waals surface area contributed by atoms with Crippen LogP contribution in [0.4, 0.5) is 0 Å². The minimum atomic E-state index is -0.182. The van der Waals surface area contributed by atoms with Crippen molar-refractivity contribution in [2.75, 3.05) is 7.11 Å². The Hall–Kier alpha value is -1.70. The van der Waals surface area contributed by atoms with Crippen LogP contribution in [0.3, 0.4) is 0 Å². The van der Waals surface area contributed by atoms with Crippen molar-refractivity contribution < 1.29 is 4.74 Å². The molecule has 2 aromatic carbocycles. The second-order valence-corrected chi connectivity index (χ2v) is 9.54. The van der Waals surface area contributed by atoms with Gasteiger partial charge in [-0.2, -0.15) is 9.78 Å². The molecule has 0 N–H and O–H groups in total. The summed E-state index contributed by atoms with van der Waals surface area (Å²) in [5.74, 6) is 1.53. The average molecular weight is 554 g/mol. The van der Waals surface area contributed by atoms with Crippen molar-refractivity contribution in [3.63, 3.8) is 0 Å². The number of hydrogen-bond acceptors (Lipinski definition) is 4. The summed E-state index contributed by atoms with van der Waals surface area (Å²) in [5, 5.41) is 5.64. The maximum absolute atomic E-state index is 13.4. The number of methoxy groups -OCH3 is 1. The van der Waals surface area contributed by atoms with Gasteiger partial charge in [-0.1, -0.05) is 46.8 Å². The van der Waals surface area contributed by atoms with Crippen LogP contribution >= 0.6 is 43.5 Å². The van der Waals surface area contributed by atoms with Crippen LogP contribution in [-0.4, -0.2) is 23.0 Å². The van der Waals surface area contributed by atoms with Gasteiger partial charge >= 0.3 is 0 Å². The Kier molecular flexibility index (Phi) is 6.60. The van der Waals surface area contributed by atoms with Gasteiger partial charge in [0.1, 0.15) is 11.6 Å². The Morgan fingerprint density at radius 2 is 1.97 bits per heavy atom. The van der Waals surface area contributed by atoms with E-state index in [0.717, 1.165) is 34.6 Å². The number of halogens is 3. The highest BCUT2D eigenvalue weighted by atomic mass is 79.9. The van der Waals surface area contributed by atoms with Crippen LogP contribution < -0.4 is 10.3 Å². The van der Waals surface area contributed by atoms with Crippen molar-refractivity contribution in [1.82, 2.24) is 9.66 Å². The summed E-state index contributed by atoms with van der Waals surface area (Å²) >= 11 is 13.1. The summed E-state index contributed by atoms with van der Waals surface area (Å²) in [6.45, 7) is 0. The number of ether oxygens (including phenoxy) is 1. The van der Waals surface area contributed by atoms with Crippen molar-refractivity contribution in [2.24, 2.45) is 5.10 Å². The van der Waals surface area contributed by atoms with E-state index < -0.39 is 0 Å². The van der Waals surface area contributed by atoms with E-state index in [2.05, 4.69) is 37.0 Å². The molecule has 1 aliphatic carbocycles. The van der Waals surface area contributed by atoms with Gasteiger partial charge in [0.15, 0.2) is 0 Å². The number of hydrogen-bond donors (Lipinski definition) is 0. The molecule has 0 aliphatic heterocycles. The molecule has 1 aliphatic rings. The van der Waals surface area contributed by atoms with Gasteiger partial charge in [-0.25, -0.2) is 4.98 Å². The molecule has 0 radical (unpaired) electrons. The number of aromatic nitrogens is 2. The van der Waals surface area contributed by atoms with Crippen LogP contribution in [0.2, 0.25) is 5.02 Å². The Balaban J connectivity index is 1.89. The molecule has 1 fully saturated rings. The van der Waals surface area contributed by atoms with Crippen LogP contribution in [0.25, 0.3) is 10.9 Å². The first-order valence-electron chi connectivity index (χ1n) is 9.77. The standard InChI is InChI=1S/C22H20Br2ClN3O2/c1-30-20-14(9-16(25)11-18(20)24)12-26-28-21(13-5-3-2-4-6-13)27-19-8-7-15(23)10-17(19)22(28)29/h7-13H,2-6H2,1H3. The second-order valence-electron chi connectivity index (χ2n) is 7.34.